The van der Waals surface area contributed by atoms with Crippen molar-refractivity contribution in [3.05, 3.63) is 60.7 Å². The van der Waals surface area contributed by atoms with Gasteiger partial charge in [0.15, 0.2) is 0 Å². The molecule has 0 atom stereocenters. The Morgan fingerprint density at radius 3 is 1.83 bits per heavy atom. The molecule has 5 heteroatoms. The van der Waals surface area contributed by atoms with Gasteiger partial charge in [-0.2, -0.15) is 0 Å². The van der Waals surface area contributed by atoms with Crippen LogP contribution in [0.4, 0.5) is 0 Å². The van der Waals surface area contributed by atoms with E-state index in [1.165, 1.54) is 12.8 Å². The van der Waals surface area contributed by atoms with Gasteiger partial charge in [-0.1, -0.05) is 62.6 Å². The third-order valence-electron chi connectivity index (χ3n) is 3.27. The summed E-state index contributed by atoms with van der Waals surface area (Å²) in [5, 5.41) is 2.96. The van der Waals surface area contributed by atoms with Gasteiger partial charge in [-0.15, -0.1) is 0 Å². The first-order chi connectivity index (χ1) is 11.2. The van der Waals surface area contributed by atoms with Crippen LogP contribution in [0, 0.1) is 0 Å². The first-order valence-electron chi connectivity index (χ1n) is 8.06. The van der Waals surface area contributed by atoms with Crippen molar-refractivity contribution in [2.75, 3.05) is 6.54 Å². The molecule has 0 heterocycles. The van der Waals surface area contributed by atoms with Crippen molar-refractivity contribution in [2.45, 2.75) is 32.6 Å². The molecule has 2 aromatic carbocycles. The van der Waals surface area contributed by atoms with Gasteiger partial charge in [-0.05, 0) is 30.7 Å². The summed E-state index contributed by atoms with van der Waals surface area (Å²) in [7, 11) is -3.46. The van der Waals surface area contributed by atoms with E-state index in [4.69, 9.17) is 9.05 Å². The second-order valence-corrected chi connectivity index (χ2v) is 6.95. The van der Waals surface area contributed by atoms with E-state index < -0.39 is 7.75 Å². The maximum Gasteiger partial charge on any atom is 0.512 e. The molecule has 2 rings (SSSR count). The number of hydrogen-bond donors (Lipinski definition) is 1. The third-order valence-corrected chi connectivity index (χ3v) is 4.79. The Bertz CT molecular complexity index is 559. The van der Waals surface area contributed by atoms with Crippen molar-refractivity contribution in [3.8, 4) is 11.5 Å². The molecule has 1 N–H and O–H groups in total. The summed E-state index contributed by atoms with van der Waals surface area (Å²) >= 11 is 0. The van der Waals surface area contributed by atoms with Crippen LogP contribution in [0.25, 0.3) is 0 Å². The lowest BCUT2D eigenvalue weighted by molar-refractivity contribution is 0.370. The molecule has 0 aliphatic rings. The van der Waals surface area contributed by atoms with E-state index in [0.29, 0.717) is 18.0 Å². The summed E-state index contributed by atoms with van der Waals surface area (Å²) < 4.78 is 24.3. The number of rotatable bonds is 10. The zero-order valence-electron chi connectivity index (χ0n) is 13.5. The molecule has 0 saturated carbocycles. The molecular weight excluding hydrogens is 309 g/mol. The summed E-state index contributed by atoms with van der Waals surface area (Å²) in [6, 6.07) is 18.2. The molecule has 0 amide bonds. The van der Waals surface area contributed by atoms with Crippen LogP contribution >= 0.6 is 7.75 Å². The smallest absolute Gasteiger partial charge is 0.405 e. The lowest BCUT2D eigenvalue weighted by Crippen LogP contribution is -2.19. The van der Waals surface area contributed by atoms with Crippen LogP contribution in [0.3, 0.4) is 0 Å². The standard InChI is InChI=1S/C18H24NO3P/c1-2-3-4-11-16-19-23(20,21-17-12-7-5-8-13-17)22-18-14-9-6-10-15-18/h5-10,12-15H,2-4,11,16H2,1H3,(H,19,20). The second kappa shape index (κ2) is 9.39. The summed E-state index contributed by atoms with van der Waals surface area (Å²) in [5.74, 6) is 1.04. The van der Waals surface area contributed by atoms with Crippen molar-refractivity contribution in [1.29, 1.82) is 0 Å². The van der Waals surface area contributed by atoms with E-state index in [2.05, 4.69) is 12.0 Å². The van der Waals surface area contributed by atoms with Crippen LogP contribution in [0.15, 0.2) is 60.7 Å². The maximum atomic E-state index is 13.0. The number of hydrogen-bond acceptors (Lipinski definition) is 3. The van der Waals surface area contributed by atoms with Gasteiger partial charge in [-0.3, -0.25) is 0 Å². The monoisotopic (exact) mass is 333 g/mol. The molecule has 0 aliphatic heterocycles. The Hall–Kier alpha value is -1.77. The minimum Gasteiger partial charge on any atom is -0.405 e. The molecule has 0 aliphatic carbocycles. The van der Waals surface area contributed by atoms with E-state index in [1.54, 1.807) is 24.3 Å². The Balaban J connectivity index is 2.02. The lowest BCUT2D eigenvalue weighted by Gasteiger charge is -2.20. The van der Waals surface area contributed by atoms with Gasteiger partial charge in [0.25, 0.3) is 0 Å². The quantitative estimate of drug-likeness (QED) is 0.466. The van der Waals surface area contributed by atoms with Gasteiger partial charge in [0.2, 0.25) is 0 Å². The molecule has 23 heavy (non-hydrogen) atoms. The first-order valence-corrected chi connectivity index (χ1v) is 9.60. The van der Waals surface area contributed by atoms with E-state index in [-0.39, 0.29) is 0 Å². The van der Waals surface area contributed by atoms with Crippen LogP contribution in [0.2, 0.25) is 0 Å². The largest absolute Gasteiger partial charge is 0.512 e. The van der Waals surface area contributed by atoms with E-state index in [9.17, 15) is 4.57 Å². The topological polar surface area (TPSA) is 47.6 Å². The highest BCUT2D eigenvalue weighted by Gasteiger charge is 2.27. The average molecular weight is 333 g/mol. The van der Waals surface area contributed by atoms with E-state index in [1.807, 2.05) is 36.4 Å². The van der Waals surface area contributed by atoms with Crippen LogP contribution < -0.4 is 14.1 Å². The summed E-state index contributed by atoms with van der Waals surface area (Å²) in [5.41, 5.74) is 0. The highest BCUT2D eigenvalue weighted by Crippen LogP contribution is 2.44. The first kappa shape index (κ1) is 17.6. The third kappa shape index (κ3) is 6.47. The minimum atomic E-state index is -3.46. The Morgan fingerprint density at radius 2 is 1.35 bits per heavy atom. The molecule has 0 bridgehead atoms. The maximum absolute atomic E-state index is 13.0. The predicted octanol–water partition coefficient (Wildman–Crippen LogP) is 5.42. The Kier molecular flexibility index (Phi) is 7.18. The predicted molar refractivity (Wildman–Crippen MR) is 93.9 cm³/mol. The van der Waals surface area contributed by atoms with Crippen LogP contribution in [-0.2, 0) is 4.57 Å². The fourth-order valence-corrected chi connectivity index (χ4v) is 3.49. The minimum absolute atomic E-state index is 0.521. The zero-order valence-corrected chi connectivity index (χ0v) is 14.4. The van der Waals surface area contributed by atoms with Gasteiger partial charge in [0.1, 0.15) is 11.5 Å². The number of nitrogens with one attached hydrogen (secondary N) is 1. The van der Waals surface area contributed by atoms with Gasteiger partial charge < -0.3 is 9.05 Å². The molecule has 0 unspecified atom stereocenters. The Morgan fingerprint density at radius 1 is 0.826 bits per heavy atom. The number of unbranched alkanes of at least 4 members (excludes halogenated alkanes) is 3. The van der Waals surface area contributed by atoms with E-state index >= 15 is 0 Å². The summed E-state index contributed by atoms with van der Waals surface area (Å²) in [6.45, 7) is 2.76. The molecule has 0 aromatic heterocycles. The number of benzene rings is 2. The van der Waals surface area contributed by atoms with Crippen LogP contribution in [0.5, 0.6) is 11.5 Å². The van der Waals surface area contributed by atoms with Crippen molar-refractivity contribution >= 4 is 7.75 Å². The fourth-order valence-electron chi connectivity index (χ4n) is 2.09. The van der Waals surface area contributed by atoms with Gasteiger partial charge in [-0.25, -0.2) is 9.65 Å². The Labute approximate surface area is 138 Å². The second-order valence-electron chi connectivity index (χ2n) is 5.27. The SMILES string of the molecule is CCCCCCNP(=O)(Oc1ccccc1)Oc1ccccc1. The van der Waals surface area contributed by atoms with E-state index in [0.717, 1.165) is 12.8 Å². The molecule has 124 valence electrons. The summed E-state index contributed by atoms with van der Waals surface area (Å²) in [4.78, 5) is 0. The summed E-state index contributed by atoms with van der Waals surface area (Å²) in [6.07, 6.45) is 4.37. The zero-order chi connectivity index (χ0) is 16.4. The van der Waals surface area contributed by atoms with Crippen molar-refractivity contribution in [1.82, 2.24) is 5.09 Å². The van der Waals surface area contributed by atoms with Gasteiger partial charge >= 0.3 is 7.75 Å². The molecule has 0 saturated heterocycles. The van der Waals surface area contributed by atoms with Crippen LogP contribution in [0.1, 0.15) is 32.6 Å². The normalized spacial score (nSPS) is 11.2. The van der Waals surface area contributed by atoms with Crippen molar-refractivity contribution in [3.63, 3.8) is 0 Å². The molecule has 0 fully saturated rings. The highest BCUT2D eigenvalue weighted by molar-refractivity contribution is 7.52. The van der Waals surface area contributed by atoms with Crippen molar-refractivity contribution in [2.24, 2.45) is 0 Å². The molecule has 0 radical (unpaired) electrons. The molecule has 4 nitrogen and oxygen atoms in total. The number of para-hydroxylation sites is 2. The molecule has 0 spiro atoms. The molecular formula is C18H24NO3P. The van der Waals surface area contributed by atoms with Crippen LogP contribution in [-0.4, -0.2) is 6.54 Å². The lowest BCUT2D eigenvalue weighted by atomic mass is 10.2. The van der Waals surface area contributed by atoms with Gasteiger partial charge in [0.05, 0.1) is 0 Å². The van der Waals surface area contributed by atoms with Gasteiger partial charge in [0, 0.05) is 6.54 Å². The highest BCUT2D eigenvalue weighted by atomic mass is 31.2. The molecule has 2 aromatic rings. The average Bonchev–Trinajstić information content (AvgIpc) is 2.56. The fraction of sp³-hybridized carbons (Fsp3) is 0.333. The van der Waals surface area contributed by atoms with Crippen molar-refractivity contribution < 1.29 is 13.6 Å².